The summed E-state index contributed by atoms with van der Waals surface area (Å²) < 4.78 is 6.84. The predicted molar refractivity (Wildman–Crippen MR) is 127 cm³/mol. The van der Waals surface area contributed by atoms with E-state index in [9.17, 15) is 19.5 Å². The quantitative estimate of drug-likeness (QED) is 0.390. The number of benzene rings is 2. The van der Waals surface area contributed by atoms with Gasteiger partial charge in [0.15, 0.2) is 0 Å². The maximum Gasteiger partial charge on any atom is 0.412 e. The van der Waals surface area contributed by atoms with Crippen LogP contribution in [-0.4, -0.2) is 56.7 Å². The lowest BCUT2D eigenvalue weighted by atomic mass is 9.98. The number of hydrogen-bond donors (Lipinski definition) is 4. The first kappa shape index (κ1) is 24.0. The van der Waals surface area contributed by atoms with Gasteiger partial charge in [0.2, 0.25) is 0 Å². The van der Waals surface area contributed by atoms with Gasteiger partial charge in [-0.3, -0.25) is 19.6 Å². The smallest absolute Gasteiger partial charge is 0.412 e. The summed E-state index contributed by atoms with van der Waals surface area (Å²) in [6.45, 7) is 1.12. The van der Waals surface area contributed by atoms with Crippen LogP contribution in [0.5, 0.6) is 0 Å². The molecule has 4 rings (SSSR count). The first-order valence-electron chi connectivity index (χ1n) is 11.0. The zero-order valence-corrected chi connectivity index (χ0v) is 19.3. The van der Waals surface area contributed by atoms with Crippen molar-refractivity contribution in [2.24, 2.45) is 7.05 Å². The van der Waals surface area contributed by atoms with Crippen LogP contribution in [0, 0.1) is 0 Å². The van der Waals surface area contributed by atoms with Gasteiger partial charge in [-0.05, 0) is 29.2 Å². The standard InChI is InChI=1S/C25H26N4O6/c1-25(34,11-21(30)31)14-26-23(32)19-12-27-29(2)22(19)28-24(33)35-13-20-17-9-5-3-7-15(17)16-8-4-6-10-18(16)20/h3-10,12,20,34H,11,13-14H2,1-2H3,(H,26,32)(H,28,33)(H,30,31). The number of carbonyl (C=O) groups excluding carboxylic acids is 2. The Kier molecular flexibility index (Phi) is 6.57. The molecule has 0 radical (unpaired) electrons. The van der Waals surface area contributed by atoms with Gasteiger partial charge < -0.3 is 20.3 Å². The number of carboxylic acids is 1. The Bertz CT molecular complexity index is 1240. The molecule has 3 aromatic rings. The van der Waals surface area contributed by atoms with Crippen molar-refractivity contribution in [3.63, 3.8) is 0 Å². The van der Waals surface area contributed by atoms with E-state index in [0.29, 0.717) is 0 Å². The number of rotatable bonds is 8. The highest BCUT2D eigenvalue weighted by atomic mass is 16.5. The van der Waals surface area contributed by atoms with E-state index >= 15 is 0 Å². The molecule has 1 atom stereocenters. The molecule has 0 saturated heterocycles. The number of aromatic nitrogens is 2. The van der Waals surface area contributed by atoms with Gasteiger partial charge in [0, 0.05) is 19.5 Å². The number of aryl methyl sites for hydroxylation is 1. The Balaban J connectivity index is 1.41. The number of anilines is 1. The van der Waals surface area contributed by atoms with Gasteiger partial charge in [-0.1, -0.05) is 48.5 Å². The second-order valence-electron chi connectivity index (χ2n) is 8.73. The molecular formula is C25H26N4O6. The number of nitrogens with one attached hydrogen (secondary N) is 2. The number of nitrogens with zero attached hydrogens (tertiary/aromatic N) is 2. The van der Waals surface area contributed by atoms with Crippen molar-refractivity contribution in [2.75, 3.05) is 18.5 Å². The third kappa shape index (κ3) is 5.17. The second kappa shape index (κ2) is 9.59. The van der Waals surface area contributed by atoms with Crippen LogP contribution in [0.4, 0.5) is 10.6 Å². The highest BCUT2D eigenvalue weighted by Gasteiger charge is 2.30. The largest absolute Gasteiger partial charge is 0.481 e. The number of amides is 2. The molecule has 4 N–H and O–H groups in total. The van der Waals surface area contributed by atoms with Crippen molar-refractivity contribution in [3.8, 4) is 11.1 Å². The molecule has 10 heteroatoms. The molecule has 0 bridgehead atoms. The lowest BCUT2D eigenvalue weighted by Crippen LogP contribution is -2.42. The number of carbonyl (C=O) groups is 3. The SMILES string of the molecule is Cn1ncc(C(=O)NCC(C)(O)CC(=O)O)c1NC(=O)OCC1c2ccccc2-c2ccccc21. The fraction of sp³-hybridized carbons (Fsp3) is 0.280. The van der Waals surface area contributed by atoms with Crippen LogP contribution < -0.4 is 10.6 Å². The Morgan fingerprint density at radius 1 is 1.09 bits per heavy atom. The second-order valence-corrected chi connectivity index (χ2v) is 8.73. The van der Waals surface area contributed by atoms with Gasteiger partial charge in [0.1, 0.15) is 18.0 Å². The van der Waals surface area contributed by atoms with Crippen molar-refractivity contribution in [3.05, 3.63) is 71.4 Å². The summed E-state index contributed by atoms with van der Waals surface area (Å²) in [7, 11) is 1.55. The van der Waals surface area contributed by atoms with E-state index in [1.807, 2.05) is 48.5 Å². The number of hydrogen-bond acceptors (Lipinski definition) is 6. The minimum absolute atomic E-state index is 0.0483. The average molecular weight is 479 g/mol. The maximum atomic E-state index is 12.6. The van der Waals surface area contributed by atoms with E-state index in [4.69, 9.17) is 9.84 Å². The Hall–Kier alpha value is -4.18. The summed E-state index contributed by atoms with van der Waals surface area (Å²) in [5, 5.41) is 28.0. The zero-order valence-electron chi connectivity index (χ0n) is 19.3. The number of ether oxygens (including phenoxy) is 1. The highest BCUT2D eigenvalue weighted by Crippen LogP contribution is 2.44. The number of aliphatic carboxylic acids is 1. The average Bonchev–Trinajstić information content (AvgIpc) is 3.33. The topological polar surface area (TPSA) is 143 Å². The summed E-state index contributed by atoms with van der Waals surface area (Å²) in [5.41, 5.74) is 2.80. The first-order valence-corrected chi connectivity index (χ1v) is 11.0. The van der Waals surface area contributed by atoms with Crippen LogP contribution in [0.2, 0.25) is 0 Å². The van der Waals surface area contributed by atoms with E-state index in [1.165, 1.54) is 17.8 Å². The Morgan fingerprint density at radius 2 is 1.69 bits per heavy atom. The fourth-order valence-electron chi connectivity index (χ4n) is 4.24. The molecule has 1 aliphatic rings. The summed E-state index contributed by atoms with van der Waals surface area (Å²) in [5.74, 6) is -1.82. The first-order chi connectivity index (χ1) is 16.7. The predicted octanol–water partition coefficient (Wildman–Crippen LogP) is 2.74. The molecule has 1 aliphatic carbocycles. The van der Waals surface area contributed by atoms with E-state index in [2.05, 4.69) is 15.7 Å². The molecule has 0 saturated carbocycles. The number of carboxylic acid groups (broad SMARTS) is 1. The van der Waals surface area contributed by atoms with Crippen molar-refractivity contribution in [2.45, 2.75) is 24.9 Å². The molecule has 182 valence electrons. The Morgan fingerprint density at radius 3 is 2.29 bits per heavy atom. The molecule has 1 heterocycles. The highest BCUT2D eigenvalue weighted by molar-refractivity contribution is 6.01. The van der Waals surface area contributed by atoms with Gasteiger partial charge in [0.05, 0.1) is 18.2 Å². The lowest BCUT2D eigenvalue weighted by Gasteiger charge is -2.21. The zero-order chi connectivity index (χ0) is 25.2. The van der Waals surface area contributed by atoms with Crippen LogP contribution in [0.3, 0.4) is 0 Å². The van der Waals surface area contributed by atoms with Gasteiger partial charge in [-0.2, -0.15) is 5.10 Å². The normalized spacial score (nSPS) is 13.9. The lowest BCUT2D eigenvalue weighted by molar-refractivity contribution is -0.141. The number of fused-ring (bicyclic) bond motifs is 3. The van der Waals surface area contributed by atoms with Crippen LogP contribution in [-0.2, 0) is 16.6 Å². The van der Waals surface area contributed by atoms with Gasteiger partial charge in [0.25, 0.3) is 5.91 Å². The van der Waals surface area contributed by atoms with Crippen LogP contribution in [0.25, 0.3) is 11.1 Å². The summed E-state index contributed by atoms with van der Waals surface area (Å²) in [6, 6.07) is 16.0. The van der Waals surface area contributed by atoms with Crippen molar-refractivity contribution in [1.29, 1.82) is 0 Å². The minimum Gasteiger partial charge on any atom is -0.481 e. The van der Waals surface area contributed by atoms with E-state index in [1.54, 1.807) is 7.05 Å². The molecule has 35 heavy (non-hydrogen) atoms. The van der Waals surface area contributed by atoms with E-state index in [0.717, 1.165) is 22.3 Å². The molecule has 0 spiro atoms. The molecule has 10 nitrogen and oxygen atoms in total. The number of aliphatic hydroxyl groups is 1. The third-order valence-corrected chi connectivity index (χ3v) is 5.91. The molecule has 1 unspecified atom stereocenters. The molecule has 0 aliphatic heterocycles. The molecule has 2 aromatic carbocycles. The monoisotopic (exact) mass is 478 g/mol. The van der Waals surface area contributed by atoms with E-state index in [-0.39, 0.29) is 30.5 Å². The third-order valence-electron chi connectivity index (χ3n) is 5.91. The minimum atomic E-state index is -1.63. The summed E-state index contributed by atoms with van der Waals surface area (Å²) >= 11 is 0. The van der Waals surface area contributed by atoms with E-state index < -0.39 is 30.0 Å². The van der Waals surface area contributed by atoms with Crippen molar-refractivity contribution < 1.29 is 29.3 Å². The van der Waals surface area contributed by atoms with Crippen LogP contribution in [0.15, 0.2) is 54.7 Å². The molecule has 2 amide bonds. The summed E-state index contributed by atoms with van der Waals surface area (Å²) in [6.07, 6.45) is -0.0201. The molecule has 1 aromatic heterocycles. The van der Waals surface area contributed by atoms with Crippen molar-refractivity contribution >= 4 is 23.8 Å². The molecular weight excluding hydrogens is 452 g/mol. The summed E-state index contributed by atoms with van der Waals surface area (Å²) in [4.78, 5) is 36.1. The van der Waals surface area contributed by atoms with Crippen LogP contribution >= 0.6 is 0 Å². The van der Waals surface area contributed by atoms with Crippen LogP contribution in [0.1, 0.15) is 40.7 Å². The van der Waals surface area contributed by atoms with Gasteiger partial charge >= 0.3 is 12.1 Å². The van der Waals surface area contributed by atoms with Gasteiger partial charge in [-0.15, -0.1) is 0 Å². The fourth-order valence-corrected chi connectivity index (χ4v) is 4.24. The van der Waals surface area contributed by atoms with Crippen molar-refractivity contribution in [1.82, 2.24) is 15.1 Å². The van der Waals surface area contributed by atoms with Gasteiger partial charge in [-0.25, -0.2) is 4.79 Å². The maximum absolute atomic E-state index is 12.6. The molecule has 0 fully saturated rings. The Labute approximate surface area is 201 Å².